The van der Waals surface area contributed by atoms with Crippen molar-refractivity contribution in [2.75, 3.05) is 39.1 Å². The minimum absolute atomic E-state index is 0.188. The van der Waals surface area contributed by atoms with Gasteiger partial charge in [-0.05, 0) is 25.3 Å². The Morgan fingerprint density at radius 1 is 1.39 bits per heavy atom. The molecule has 2 atom stereocenters. The summed E-state index contributed by atoms with van der Waals surface area (Å²) in [6, 6.07) is 1.96. The van der Waals surface area contributed by atoms with E-state index in [0.29, 0.717) is 32.1 Å². The normalized spacial score (nSPS) is 29.3. The van der Waals surface area contributed by atoms with Crippen LogP contribution in [-0.2, 0) is 14.9 Å². The van der Waals surface area contributed by atoms with Crippen molar-refractivity contribution in [3.63, 3.8) is 0 Å². The molecule has 1 aromatic rings. The van der Waals surface area contributed by atoms with Crippen molar-refractivity contribution in [3.05, 3.63) is 18.5 Å². The summed E-state index contributed by atoms with van der Waals surface area (Å²) in [7, 11) is -0.277. The lowest BCUT2D eigenvalue weighted by molar-refractivity contribution is -0.0705. The summed E-state index contributed by atoms with van der Waals surface area (Å²) in [6.07, 6.45) is 5.73. The Hall–Kier alpha value is -1.29. The van der Waals surface area contributed by atoms with Gasteiger partial charge in [-0.15, -0.1) is 0 Å². The monoisotopic (exact) mass is 341 g/mol. The molecule has 0 saturated carbocycles. The summed E-state index contributed by atoms with van der Waals surface area (Å²) in [5.41, 5.74) is -0.409. The first-order valence-corrected chi connectivity index (χ1v) is 9.16. The van der Waals surface area contributed by atoms with E-state index in [1.807, 2.05) is 0 Å². The molecule has 1 aromatic heterocycles. The molecule has 0 aliphatic carbocycles. The predicted octanol–water partition coefficient (Wildman–Crippen LogP) is 0.318. The van der Waals surface area contributed by atoms with Gasteiger partial charge in [0.2, 0.25) is 5.95 Å². The smallest absolute Gasteiger partial charge is 0.281 e. The zero-order valence-corrected chi connectivity index (χ0v) is 14.3. The Bertz CT molecular complexity index is 639. The standard InChI is InChI=1S/C14H23N5O3S/c1-18(2)23(20,21)19-8-5-14(11-19)10-12(4-9-22-14)17-13-15-6-3-7-16-13/h3,6-7,12H,4-5,8-11H2,1-2H3,(H,15,16,17)/t12-,14-/m1/s1. The molecular formula is C14H23N5O3S. The lowest BCUT2D eigenvalue weighted by Crippen LogP contribution is -2.48. The van der Waals surface area contributed by atoms with E-state index >= 15 is 0 Å². The third-order valence-electron chi connectivity index (χ3n) is 4.46. The third-order valence-corrected chi connectivity index (χ3v) is 6.35. The Kier molecular flexibility index (Phi) is 4.54. The summed E-state index contributed by atoms with van der Waals surface area (Å²) in [6.45, 7) is 1.51. The molecule has 0 bridgehead atoms. The summed E-state index contributed by atoms with van der Waals surface area (Å²) >= 11 is 0. The van der Waals surface area contributed by atoms with Crippen LogP contribution in [0.5, 0.6) is 0 Å². The van der Waals surface area contributed by atoms with Crippen LogP contribution < -0.4 is 5.32 Å². The minimum atomic E-state index is -3.39. The van der Waals surface area contributed by atoms with Crippen LogP contribution in [0, 0.1) is 0 Å². The van der Waals surface area contributed by atoms with Gasteiger partial charge in [-0.3, -0.25) is 0 Å². The molecule has 8 nitrogen and oxygen atoms in total. The summed E-state index contributed by atoms with van der Waals surface area (Å²) in [4.78, 5) is 8.38. The van der Waals surface area contributed by atoms with Crippen LogP contribution >= 0.6 is 0 Å². The maximum atomic E-state index is 12.3. The number of hydrogen-bond acceptors (Lipinski definition) is 6. The lowest BCUT2D eigenvalue weighted by Gasteiger charge is -2.38. The molecule has 0 radical (unpaired) electrons. The molecule has 0 unspecified atom stereocenters. The fraction of sp³-hybridized carbons (Fsp3) is 0.714. The van der Waals surface area contributed by atoms with Gasteiger partial charge in [-0.1, -0.05) is 0 Å². The molecule has 9 heteroatoms. The Labute approximate surface area is 137 Å². The predicted molar refractivity (Wildman–Crippen MR) is 86.2 cm³/mol. The van der Waals surface area contributed by atoms with Crippen LogP contribution in [-0.4, -0.2) is 72.4 Å². The van der Waals surface area contributed by atoms with Crippen molar-refractivity contribution in [2.45, 2.75) is 30.9 Å². The minimum Gasteiger partial charge on any atom is -0.373 e. The Morgan fingerprint density at radius 2 is 2.13 bits per heavy atom. The maximum absolute atomic E-state index is 12.3. The number of hydrogen-bond donors (Lipinski definition) is 1. The number of rotatable bonds is 4. The van der Waals surface area contributed by atoms with Crippen molar-refractivity contribution in [1.29, 1.82) is 0 Å². The zero-order chi connectivity index (χ0) is 16.5. The first-order chi connectivity index (χ1) is 10.9. The number of nitrogens with one attached hydrogen (secondary N) is 1. The molecule has 2 saturated heterocycles. The van der Waals surface area contributed by atoms with Crippen LogP contribution in [0.15, 0.2) is 18.5 Å². The average molecular weight is 341 g/mol. The molecule has 128 valence electrons. The molecule has 1 spiro atoms. The fourth-order valence-electron chi connectivity index (χ4n) is 3.23. The molecule has 3 heterocycles. The van der Waals surface area contributed by atoms with Crippen LogP contribution in [0.4, 0.5) is 5.95 Å². The van der Waals surface area contributed by atoms with Crippen molar-refractivity contribution >= 4 is 16.2 Å². The lowest BCUT2D eigenvalue weighted by atomic mass is 9.89. The summed E-state index contributed by atoms with van der Waals surface area (Å²) in [5, 5.41) is 3.33. The quantitative estimate of drug-likeness (QED) is 0.848. The van der Waals surface area contributed by atoms with Gasteiger partial charge in [0.1, 0.15) is 0 Å². The highest BCUT2D eigenvalue weighted by Gasteiger charge is 2.47. The molecule has 1 N–H and O–H groups in total. The van der Waals surface area contributed by atoms with Crippen LogP contribution in [0.1, 0.15) is 19.3 Å². The van der Waals surface area contributed by atoms with Crippen LogP contribution in [0.2, 0.25) is 0 Å². The van der Waals surface area contributed by atoms with E-state index in [2.05, 4.69) is 15.3 Å². The van der Waals surface area contributed by atoms with Crippen molar-refractivity contribution in [1.82, 2.24) is 18.6 Å². The Morgan fingerprint density at radius 3 is 2.83 bits per heavy atom. The zero-order valence-electron chi connectivity index (χ0n) is 13.5. The van der Waals surface area contributed by atoms with Gasteiger partial charge in [0.05, 0.1) is 5.60 Å². The summed E-state index contributed by atoms with van der Waals surface area (Å²) < 4.78 is 33.3. The van der Waals surface area contributed by atoms with E-state index in [0.717, 1.165) is 12.8 Å². The Balaban J connectivity index is 1.67. The summed E-state index contributed by atoms with van der Waals surface area (Å²) in [5.74, 6) is 0.602. The highest BCUT2D eigenvalue weighted by atomic mass is 32.2. The second-order valence-corrected chi connectivity index (χ2v) is 8.45. The molecule has 0 aromatic carbocycles. The van der Waals surface area contributed by atoms with Gasteiger partial charge in [0.15, 0.2) is 0 Å². The van der Waals surface area contributed by atoms with E-state index in [1.165, 1.54) is 8.61 Å². The van der Waals surface area contributed by atoms with E-state index < -0.39 is 15.8 Å². The van der Waals surface area contributed by atoms with Gasteiger partial charge >= 0.3 is 0 Å². The molecule has 2 aliphatic heterocycles. The number of ether oxygens (including phenoxy) is 1. The van der Waals surface area contributed by atoms with E-state index in [1.54, 1.807) is 32.6 Å². The molecular weight excluding hydrogens is 318 g/mol. The maximum Gasteiger partial charge on any atom is 0.281 e. The van der Waals surface area contributed by atoms with E-state index in [4.69, 9.17) is 4.74 Å². The highest BCUT2D eigenvalue weighted by molar-refractivity contribution is 7.86. The largest absolute Gasteiger partial charge is 0.373 e. The van der Waals surface area contributed by atoms with Gasteiger partial charge in [0, 0.05) is 52.2 Å². The SMILES string of the molecule is CN(C)S(=O)(=O)N1CC[C@@]2(C[C@H](Nc3ncccn3)CCO2)C1. The van der Waals surface area contributed by atoms with Crippen molar-refractivity contribution in [3.8, 4) is 0 Å². The number of aromatic nitrogens is 2. The molecule has 3 rings (SSSR count). The van der Waals surface area contributed by atoms with Gasteiger partial charge < -0.3 is 10.1 Å². The van der Waals surface area contributed by atoms with Crippen LogP contribution in [0.25, 0.3) is 0 Å². The topological polar surface area (TPSA) is 87.7 Å². The van der Waals surface area contributed by atoms with Crippen molar-refractivity contribution < 1.29 is 13.2 Å². The second-order valence-electron chi connectivity index (χ2n) is 6.31. The van der Waals surface area contributed by atoms with Gasteiger partial charge in [-0.25, -0.2) is 9.97 Å². The first kappa shape index (κ1) is 16.6. The third kappa shape index (κ3) is 3.47. The molecule has 2 aliphatic rings. The molecule has 2 fully saturated rings. The highest BCUT2D eigenvalue weighted by Crippen LogP contribution is 2.36. The van der Waals surface area contributed by atoms with Gasteiger partial charge in [-0.2, -0.15) is 17.0 Å². The van der Waals surface area contributed by atoms with E-state index in [-0.39, 0.29) is 6.04 Å². The first-order valence-electron chi connectivity index (χ1n) is 7.76. The molecule has 0 amide bonds. The van der Waals surface area contributed by atoms with Crippen LogP contribution in [0.3, 0.4) is 0 Å². The van der Waals surface area contributed by atoms with Gasteiger partial charge in [0.25, 0.3) is 10.2 Å². The van der Waals surface area contributed by atoms with E-state index in [9.17, 15) is 8.42 Å². The number of anilines is 1. The average Bonchev–Trinajstić information content (AvgIpc) is 2.92. The van der Waals surface area contributed by atoms with Crippen molar-refractivity contribution in [2.24, 2.45) is 0 Å². The second kappa shape index (κ2) is 6.31. The molecule has 23 heavy (non-hydrogen) atoms. The fourth-order valence-corrected chi connectivity index (χ4v) is 4.41. The number of nitrogens with zero attached hydrogens (tertiary/aromatic N) is 4.